The van der Waals surface area contributed by atoms with Gasteiger partial charge in [0, 0.05) is 22.0 Å². The predicted molar refractivity (Wildman–Crippen MR) is 105 cm³/mol. The monoisotopic (exact) mass is 420 g/mol. The Balaban J connectivity index is 1.65. The van der Waals surface area contributed by atoms with E-state index < -0.39 is 11.6 Å². The van der Waals surface area contributed by atoms with Crippen molar-refractivity contribution in [1.82, 2.24) is 10.2 Å². The Morgan fingerprint density at radius 3 is 2.46 bits per heavy atom. The topological polar surface area (TPSA) is 67.9 Å². The van der Waals surface area contributed by atoms with Crippen LogP contribution in [-0.2, 0) is 16.9 Å². The molecule has 2 aromatic carbocycles. The number of hydrogen-bond donors (Lipinski definition) is 1. The summed E-state index contributed by atoms with van der Waals surface area (Å²) in [6.45, 7) is 2.76. The Bertz CT molecular complexity index is 945. The van der Waals surface area contributed by atoms with Gasteiger partial charge < -0.3 is 14.8 Å². The van der Waals surface area contributed by atoms with Gasteiger partial charge in [-0.1, -0.05) is 35.3 Å². The number of urea groups is 1. The van der Waals surface area contributed by atoms with Gasteiger partial charge in [0.25, 0.3) is 5.91 Å². The molecule has 1 saturated heterocycles. The number of hydrogen-bond acceptors (Lipinski definition) is 4. The lowest BCUT2D eigenvalue weighted by Gasteiger charge is -2.23. The second-order valence-corrected chi connectivity index (χ2v) is 7.67. The van der Waals surface area contributed by atoms with Crippen LogP contribution in [0.25, 0.3) is 0 Å². The first-order valence-corrected chi connectivity index (χ1v) is 9.63. The third-order valence-electron chi connectivity index (χ3n) is 4.98. The van der Waals surface area contributed by atoms with Gasteiger partial charge in [0.05, 0.1) is 19.8 Å². The molecule has 2 aliphatic rings. The maximum Gasteiger partial charge on any atom is 0.325 e. The smallest absolute Gasteiger partial charge is 0.325 e. The molecule has 2 aliphatic heterocycles. The summed E-state index contributed by atoms with van der Waals surface area (Å²) in [5, 5.41) is 3.58. The van der Waals surface area contributed by atoms with Crippen LogP contribution in [0.5, 0.6) is 11.5 Å². The summed E-state index contributed by atoms with van der Waals surface area (Å²) in [7, 11) is 0. The molecule has 4 rings (SSSR count). The first kappa shape index (κ1) is 18.9. The average molecular weight is 421 g/mol. The molecule has 0 bridgehead atoms. The van der Waals surface area contributed by atoms with E-state index in [1.807, 2.05) is 0 Å². The first-order chi connectivity index (χ1) is 13.4. The first-order valence-electron chi connectivity index (χ1n) is 8.87. The lowest BCUT2D eigenvalue weighted by molar-refractivity contribution is -0.131. The van der Waals surface area contributed by atoms with Crippen molar-refractivity contribution in [3.8, 4) is 11.5 Å². The Hall–Kier alpha value is -2.44. The fourth-order valence-electron chi connectivity index (χ4n) is 3.35. The highest BCUT2D eigenvalue weighted by Crippen LogP contribution is 2.37. The van der Waals surface area contributed by atoms with E-state index in [2.05, 4.69) is 5.32 Å². The highest BCUT2D eigenvalue weighted by atomic mass is 35.5. The lowest BCUT2D eigenvalue weighted by Crippen LogP contribution is -2.40. The molecule has 2 heterocycles. The lowest BCUT2D eigenvalue weighted by atomic mass is 9.91. The molecular formula is C20H18Cl2N2O4. The second-order valence-electron chi connectivity index (χ2n) is 6.86. The van der Waals surface area contributed by atoms with E-state index in [1.165, 1.54) is 0 Å². The third-order valence-corrected chi connectivity index (χ3v) is 5.69. The molecule has 0 aliphatic carbocycles. The molecule has 8 heteroatoms. The standard InChI is InChI=1S/C20H18Cl2N2O4/c1-20(12-6-7-16-17(10-12)28-9-3-8-27-16)18(25)24(19(26)23-20)11-13-14(21)4-2-5-15(13)22/h2,4-7,10H,3,8-9,11H2,1H3,(H,23,26). The van der Waals surface area contributed by atoms with E-state index in [-0.39, 0.29) is 12.5 Å². The van der Waals surface area contributed by atoms with Gasteiger partial charge in [-0.2, -0.15) is 0 Å². The zero-order valence-electron chi connectivity index (χ0n) is 15.1. The zero-order valence-corrected chi connectivity index (χ0v) is 16.6. The van der Waals surface area contributed by atoms with Gasteiger partial charge in [-0.3, -0.25) is 9.69 Å². The van der Waals surface area contributed by atoms with Crippen molar-refractivity contribution in [1.29, 1.82) is 0 Å². The average Bonchev–Trinajstić information content (AvgIpc) is 2.83. The Morgan fingerprint density at radius 1 is 1.07 bits per heavy atom. The highest BCUT2D eigenvalue weighted by molar-refractivity contribution is 6.36. The Morgan fingerprint density at radius 2 is 1.75 bits per heavy atom. The number of carbonyl (C=O) groups excluding carboxylic acids is 2. The third kappa shape index (κ3) is 3.16. The van der Waals surface area contributed by atoms with Crippen LogP contribution in [-0.4, -0.2) is 30.1 Å². The van der Waals surface area contributed by atoms with Crippen LogP contribution in [0, 0.1) is 0 Å². The Labute approximate surface area is 172 Å². The van der Waals surface area contributed by atoms with Gasteiger partial charge in [0.15, 0.2) is 11.5 Å². The number of nitrogens with one attached hydrogen (secondary N) is 1. The van der Waals surface area contributed by atoms with Crippen LogP contribution in [0.1, 0.15) is 24.5 Å². The molecule has 1 atom stereocenters. The summed E-state index contributed by atoms with van der Waals surface area (Å²) in [6, 6.07) is 9.81. The normalized spacial score (nSPS) is 21.5. The molecule has 0 spiro atoms. The number of ether oxygens (including phenoxy) is 2. The van der Waals surface area contributed by atoms with Crippen molar-refractivity contribution in [3.63, 3.8) is 0 Å². The summed E-state index contributed by atoms with van der Waals surface area (Å²) in [6.07, 6.45) is 0.781. The summed E-state index contributed by atoms with van der Waals surface area (Å²) in [5.74, 6) is 0.801. The van der Waals surface area contributed by atoms with Gasteiger partial charge >= 0.3 is 6.03 Å². The summed E-state index contributed by atoms with van der Waals surface area (Å²) in [4.78, 5) is 26.9. The van der Waals surface area contributed by atoms with E-state index in [0.29, 0.717) is 45.9 Å². The van der Waals surface area contributed by atoms with E-state index in [4.69, 9.17) is 32.7 Å². The number of nitrogens with zero attached hydrogens (tertiary/aromatic N) is 1. The van der Waals surface area contributed by atoms with Crippen molar-refractivity contribution in [2.24, 2.45) is 0 Å². The largest absolute Gasteiger partial charge is 0.490 e. The van der Waals surface area contributed by atoms with Crippen LogP contribution in [0.15, 0.2) is 36.4 Å². The fraction of sp³-hybridized carbons (Fsp3) is 0.300. The minimum absolute atomic E-state index is 0.0106. The number of benzene rings is 2. The highest BCUT2D eigenvalue weighted by Gasteiger charge is 2.49. The molecule has 1 fully saturated rings. The van der Waals surface area contributed by atoms with Gasteiger partial charge in [0.2, 0.25) is 0 Å². The summed E-state index contributed by atoms with van der Waals surface area (Å²) in [5.41, 5.74) is -0.0877. The van der Waals surface area contributed by atoms with E-state index in [9.17, 15) is 9.59 Å². The second kappa shape index (κ2) is 7.18. The molecule has 0 radical (unpaired) electrons. The molecule has 3 amide bonds. The van der Waals surface area contributed by atoms with Crippen molar-refractivity contribution in [3.05, 3.63) is 57.6 Å². The number of amides is 3. The molecule has 2 aromatic rings. The quantitative estimate of drug-likeness (QED) is 0.758. The molecule has 146 valence electrons. The van der Waals surface area contributed by atoms with Crippen molar-refractivity contribution in [2.45, 2.75) is 25.4 Å². The molecule has 0 aromatic heterocycles. The Kier molecular flexibility index (Phi) is 4.85. The van der Waals surface area contributed by atoms with Crippen molar-refractivity contribution < 1.29 is 19.1 Å². The SMILES string of the molecule is CC1(c2ccc3c(c2)OCCCO3)NC(=O)N(Cc2c(Cl)cccc2Cl)C1=O. The number of rotatable bonds is 3. The molecule has 28 heavy (non-hydrogen) atoms. The minimum Gasteiger partial charge on any atom is -0.490 e. The predicted octanol–water partition coefficient (Wildman–Crippen LogP) is 4.12. The summed E-state index contributed by atoms with van der Waals surface area (Å²) < 4.78 is 11.3. The summed E-state index contributed by atoms with van der Waals surface area (Å²) >= 11 is 12.4. The van der Waals surface area contributed by atoms with E-state index >= 15 is 0 Å². The van der Waals surface area contributed by atoms with Crippen LogP contribution in [0.2, 0.25) is 10.0 Å². The van der Waals surface area contributed by atoms with Gasteiger partial charge in [0.1, 0.15) is 5.54 Å². The molecule has 0 saturated carbocycles. The van der Waals surface area contributed by atoms with Crippen LogP contribution in [0.3, 0.4) is 0 Å². The minimum atomic E-state index is -1.23. The number of imide groups is 1. The van der Waals surface area contributed by atoms with Crippen LogP contribution in [0.4, 0.5) is 4.79 Å². The van der Waals surface area contributed by atoms with E-state index in [0.717, 1.165) is 11.3 Å². The van der Waals surface area contributed by atoms with Gasteiger partial charge in [-0.05, 0) is 36.8 Å². The van der Waals surface area contributed by atoms with E-state index in [1.54, 1.807) is 43.3 Å². The molecule has 1 unspecified atom stereocenters. The van der Waals surface area contributed by atoms with Gasteiger partial charge in [-0.25, -0.2) is 4.79 Å². The van der Waals surface area contributed by atoms with Crippen molar-refractivity contribution >= 4 is 35.1 Å². The zero-order chi connectivity index (χ0) is 19.9. The maximum atomic E-state index is 13.2. The van der Waals surface area contributed by atoms with Gasteiger partial charge in [-0.15, -0.1) is 0 Å². The number of carbonyl (C=O) groups is 2. The molecular weight excluding hydrogens is 403 g/mol. The van der Waals surface area contributed by atoms with Crippen molar-refractivity contribution in [2.75, 3.05) is 13.2 Å². The van der Waals surface area contributed by atoms with Crippen LogP contribution < -0.4 is 14.8 Å². The fourth-order valence-corrected chi connectivity index (χ4v) is 3.87. The maximum absolute atomic E-state index is 13.2. The molecule has 1 N–H and O–H groups in total. The van der Waals surface area contributed by atoms with Crippen LogP contribution >= 0.6 is 23.2 Å². The number of fused-ring (bicyclic) bond motifs is 1. The number of halogens is 2. The molecule has 6 nitrogen and oxygen atoms in total.